The summed E-state index contributed by atoms with van der Waals surface area (Å²) < 4.78 is 7.23. The van der Waals surface area contributed by atoms with Gasteiger partial charge in [0.15, 0.2) is 0 Å². The number of ether oxygens (including phenoxy) is 1. The molecule has 0 aromatic carbocycles. The lowest BCUT2D eigenvalue weighted by atomic mass is 10.1. The quantitative estimate of drug-likeness (QED) is 0.835. The molecule has 0 saturated carbocycles. The number of nitrogens with zero attached hydrogens (tertiary/aromatic N) is 2. The minimum Gasteiger partial charge on any atom is -0.384 e. The normalized spacial score (nSPS) is 13.4. The molecule has 0 spiro atoms. The molecule has 0 saturated heterocycles. The molecule has 0 aliphatic rings. The van der Waals surface area contributed by atoms with Gasteiger partial charge in [0.25, 0.3) is 0 Å². The van der Waals surface area contributed by atoms with Gasteiger partial charge >= 0.3 is 0 Å². The highest BCUT2D eigenvalue weighted by atomic mass is 16.5. The van der Waals surface area contributed by atoms with Gasteiger partial charge in [-0.05, 0) is 12.8 Å². The maximum Gasteiger partial charge on any atom is 0.127 e. The standard InChI is InChI=1S/C12H23N3O/c1-8(2)6-15-10(4)14-11(12(15)13)9(3)7-16-5/h8-9H,6-7,13H2,1-5H3. The van der Waals surface area contributed by atoms with E-state index in [9.17, 15) is 0 Å². The van der Waals surface area contributed by atoms with Crippen molar-refractivity contribution in [2.24, 2.45) is 5.92 Å². The third-order valence-corrected chi connectivity index (χ3v) is 2.66. The first-order valence-corrected chi connectivity index (χ1v) is 5.78. The average Bonchev–Trinajstić information content (AvgIpc) is 2.45. The molecule has 0 radical (unpaired) electrons. The fraction of sp³-hybridized carbons (Fsp3) is 0.750. The van der Waals surface area contributed by atoms with Gasteiger partial charge in [-0.1, -0.05) is 20.8 Å². The number of anilines is 1. The molecule has 1 heterocycles. The number of aryl methyl sites for hydroxylation is 1. The second-order valence-electron chi connectivity index (χ2n) is 4.79. The van der Waals surface area contributed by atoms with Gasteiger partial charge < -0.3 is 15.0 Å². The Morgan fingerprint density at radius 1 is 1.38 bits per heavy atom. The van der Waals surface area contributed by atoms with E-state index >= 15 is 0 Å². The predicted molar refractivity (Wildman–Crippen MR) is 66.5 cm³/mol. The lowest BCUT2D eigenvalue weighted by Crippen LogP contribution is -2.11. The summed E-state index contributed by atoms with van der Waals surface area (Å²) in [7, 11) is 1.70. The summed E-state index contributed by atoms with van der Waals surface area (Å²) >= 11 is 0. The SMILES string of the molecule is COCC(C)c1nc(C)n(CC(C)C)c1N. The van der Waals surface area contributed by atoms with Gasteiger partial charge in [-0.3, -0.25) is 0 Å². The summed E-state index contributed by atoms with van der Waals surface area (Å²) in [6, 6.07) is 0. The van der Waals surface area contributed by atoms with Gasteiger partial charge in [-0.15, -0.1) is 0 Å². The highest BCUT2D eigenvalue weighted by molar-refractivity contribution is 5.40. The van der Waals surface area contributed by atoms with E-state index in [1.54, 1.807) is 7.11 Å². The number of aromatic nitrogens is 2. The highest BCUT2D eigenvalue weighted by Gasteiger charge is 2.17. The van der Waals surface area contributed by atoms with Crippen molar-refractivity contribution in [3.05, 3.63) is 11.5 Å². The van der Waals surface area contributed by atoms with Crippen LogP contribution >= 0.6 is 0 Å². The lowest BCUT2D eigenvalue weighted by Gasteiger charge is -2.12. The van der Waals surface area contributed by atoms with Crippen molar-refractivity contribution in [2.45, 2.75) is 40.2 Å². The monoisotopic (exact) mass is 225 g/mol. The van der Waals surface area contributed by atoms with Crippen LogP contribution in [0.15, 0.2) is 0 Å². The van der Waals surface area contributed by atoms with Gasteiger partial charge in [0, 0.05) is 19.6 Å². The maximum atomic E-state index is 6.13. The molecule has 0 amide bonds. The molecule has 0 aliphatic heterocycles. The Balaban J connectivity index is 2.96. The Labute approximate surface area is 97.8 Å². The van der Waals surface area contributed by atoms with Crippen molar-refractivity contribution in [3.8, 4) is 0 Å². The van der Waals surface area contributed by atoms with E-state index in [0.717, 1.165) is 23.9 Å². The summed E-state index contributed by atoms with van der Waals surface area (Å²) in [4.78, 5) is 4.54. The smallest absolute Gasteiger partial charge is 0.127 e. The van der Waals surface area contributed by atoms with Crippen molar-refractivity contribution in [3.63, 3.8) is 0 Å². The van der Waals surface area contributed by atoms with Crippen LogP contribution in [0.4, 0.5) is 5.82 Å². The zero-order valence-electron chi connectivity index (χ0n) is 10.9. The van der Waals surface area contributed by atoms with Crippen LogP contribution < -0.4 is 5.73 Å². The molecule has 4 nitrogen and oxygen atoms in total. The van der Waals surface area contributed by atoms with Gasteiger partial charge in [-0.2, -0.15) is 0 Å². The Bertz CT molecular complexity index is 344. The second kappa shape index (κ2) is 5.34. The first-order chi connectivity index (χ1) is 7.47. The Hall–Kier alpha value is -1.03. The Morgan fingerprint density at radius 3 is 2.50 bits per heavy atom. The summed E-state index contributed by atoms with van der Waals surface area (Å²) in [6.07, 6.45) is 0. The number of hydrogen-bond donors (Lipinski definition) is 1. The summed E-state index contributed by atoms with van der Waals surface area (Å²) in [5, 5.41) is 0. The van der Waals surface area contributed by atoms with Crippen molar-refractivity contribution in [1.82, 2.24) is 9.55 Å². The maximum absolute atomic E-state index is 6.13. The molecular formula is C12H23N3O. The number of methoxy groups -OCH3 is 1. The molecular weight excluding hydrogens is 202 g/mol. The summed E-state index contributed by atoms with van der Waals surface area (Å²) in [5.74, 6) is 2.60. The number of rotatable bonds is 5. The zero-order valence-corrected chi connectivity index (χ0v) is 10.9. The van der Waals surface area contributed by atoms with E-state index in [1.807, 2.05) is 6.92 Å². The molecule has 92 valence electrons. The molecule has 0 aliphatic carbocycles. The van der Waals surface area contributed by atoms with Gasteiger partial charge in [-0.25, -0.2) is 4.98 Å². The van der Waals surface area contributed by atoms with Crippen LogP contribution in [-0.4, -0.2) is 23.3 Å². The van der Waals surface area contributed by atoms with Gasteiger partial charge in [0.05, 0.1) is 12.3 Å². The fourth-order valence-electron chi connectivity index (χ4n) is 1.89. The third kappa shape index (κ3) is 2.76. The molecule has 1 rings (SSSR count). The molecule has 1 atom stereocenters. The van der Waals surface area contributed by atoms with Crippen LogP contribution in [0.2, 0.25) is 0 Å². The molecule has 0 bridgehead atoms. The van der Waals surface area contributed by atoms with E-state index in [0.29, 0.717) is 12.5 Å². The minimum absolute atomic E-state index is 0.247. The minimum atomic E-state index is 0.247. The van der Waals surface area contributed by atoms with Crippen LogP contribution in [0.5, 0.6) is 0 Å². The number of nitrogen functional groups attached to an aromatic ring is 1. The number of imidazole rings is 1. The lowest BCUT2D eigenvalue weighted by molar-refractivity contribution is 0.183. The van der Waals surface area contributed by atoms with Crippen LogP contribution in [0.25, 0.3) is 0 Å². The number of nitrogens with two attached hydrogens (primary N) is 1. The highest BCUT2D eigenvalue weighted by Crippen LogP contribution is 2.23. The molecule has 4 heteroatoms. The fourth-order valence-corrected chi connectivity index (χ4v) is 1.89. The van der Waals surface area contributed by atoms with Crippen LogP contribution in [-0.2, 0) is 11.3 Å². The molecule has 0 fully saturated rings. The molecule has 1 aromatic rings. The largest absolute Gasteiger partial charge is 0.384 e. The molecule has 1 aromatic heterocycles. The van der Waals surface area contributed by atoms with E-state index in [2.05, 4.69) is 30.3 Å². The van der Waals surface area contributed by atoms with Crippen LogP contribution in [0, 0.1) is 12.8 Å². The van der Waals surface area contributed by atoms with E-state index in [-0.39, 0.29) is 5.92 Å². The second-order valence-corrected chi connectivity index (χ2v) is 4.79. The zero-order chi connectivity index (χ0) is 12.3. The van der Waals surface area contributed by atoms with E-state index in [4.69, 9.17) is 10.5 Å². The van der Waals surface area contributed by atoms with Crippen molar-refractivity contribution < 1.29 is 4.74 Å². The number of hydrogen-bond acceptors (Lipinski definition) is 3. The first kappa shape index (κ1) is 13.0. The topological polar surface area (TPSA) is 53.1 Å². The third-order valence-electron chi connectivity index (χ3n) is 2.66. The molecule has 1 unspecified atom stereocenters. The Morgan fingerprint density at radius 2 is 2.00 bits per heavy atom. The van der Waals surface area contributed by atoms with Crippen molar-refractivity contribution >= 4 is 5.82 Å². The van der Waals surface area contributed by atoms with E-state index < -0.39 is 0 Å². The average molecular weight is 225 g/mol. The van der Waals surface area contributed by atoms with Crippen LogP contribution in [0.3, 0.4) is 0 Å². The molecule has 16 heavy (non-hydrogen) atoms. The Kier molecular flexibility index (Phi) is 4.35. The van der Waals surface area contributed by atoms with Gasteiger partial charge in [0.2, 0.25) is 0 Å². The first-order valence-electron chi connectivity index (χ1n) is 5.78. The van der Waals surface area contributed by atoms with Crippen molar-refractivity contribution in [1.29, 1.82) is 0 Å². The van der Waals surface area contributed by atoms with E-state index in [1.165, 1.54) is 0 Å². The summed E-state index contributed by atoms with van der Waals surface area (Å²) in [6.45, 7) is 10.0. The molecule has 2 N–H and O–H groups in total. The predicted octanol–water partition coefficient (Wildman–Crippen LogP) is 2.18. The van der Waals surface area contributed by atoms with Crippen LogP contribution in [0.1, 0.15) is 38.2 Å². The van der Waals surface area contributed by atoms with Crippen molar-refractivity contribution in [2.75, 3.05) is 19.5 Å². The summed E-state index contributed by atoms with van der Waals surface area (Å²) in [5.41, 5.74) is 7.09. The van der Waals surface area contributed by atoms with Gasteiger partial charge in [0.1, 0.15) is 11.6 Å².